The van der Waals surface area contributed by atoms with Crippen molar-refractivity contribution in [3.8, 4) is 0 Å². The van der Waals surface area contributed by atoms with E-state index in [4.69, 9.17) is 4.98 Å². The summed E-state index contributed by atoms with van der Waals surface area (Å²) in [5, 5.41) is 3.96. The van der Waals surface area contributed by atoms with Gasteiger partial charge in [0.2, 0.25) is 5.91 Å². The molecule has 1 N–H and O–H groups in total. The summed E-state index contributed by atoms with van der Waals surface area (Å²) in [5.41, 5.74) is 1.74. The molecule has 2 aromatic heterocycles. The molecule has 4 rings (SSSR count). The monoisotopic (exact) mass is 376 g/mol. The van der Waals surface area contributed by atoms with Crippen LogP contribution >= 0.6 is 0 Å². The highest BCUT2D eigenvalue weighted by Gasteiger charge is 2.31. The minimum absolute atomic E-state index is 0.0416. The molecule has 28 heavy (non-hydrogen) atoms. The molecule has 3 heterocycles. The van der Waals surface area contributed by atoms with Crippen LogP contribution in [0.5, 0.6) is 0 Å². The molecular weight excluding hydrogens is 352 g/mol. The van der Waals surface area contributed by atoms with Gasteiger partial charge in [0.15, 0.2) is 5.65 Å². The lowest BCUT2D eigenvalue weighted by Gasteiger charge is -2.25. The lowest BCUT2D eigenvalue weighted by Crippen LogP contribution is -2.43. The molecule has 1 atom stereocenters. The maximum absolute atomic E-state index is 12.8. The summed E-state index contributed by atoms with van der Waals surface area (Å²) in [5.74, 6) is 1.66. The van der Waals surface area contributed by atoms with Crippen molar-refractivity contribution in [1.82, 2.24) is 20.3 Å². The normalized spacial score (nSPS) is 16.4. The van der Waals surface area contributed by atoms with Crippen LogP contribution in [0.1, 0.15) is 18.4 Å². The second kappa shape index (κ2) is 7.80. The van der Waals surface area contributed by atoms with E-state index in [1.54, 1.807) is 0 Å². The topological polar surface area (TPSA) is 74.2 Å². The van der Waals surface area contributed by atoms with E-state index in [0.717, 1.165) is 42.0 Å². The minimum Gasteiger partial charge on any atom is -0.362 e. The van der Waals surface area contributed by atoms with Gasteiger partial charge in [-0.3, -0.25) is 4.79 Å². The Morgan fingerprint density at radius 1 is 1.18 bits per heavy atom. The Labute approximate surface area is 164 Å². The molecule has 1 amide bonds. The van der Waals surface area contributed by atoms with E-state index in [1.807, 2.05) is 61.5 Å². The third kappa shape index (κ3) is 3.60. The highest BCUT2D eigenvalue weighted by molar-refractivity contribution is 5.89. The van der Waals surface area contributed by atoms with Crippen LogP contribution in [0.4, 0.5) is 11.6 Å². The summed E-state index contributed by atoms with van der Waals surface area (Å²) in [6.45, 7) is 1.35. The number of nitrogens with zero attached hydrogens (tertiary/aromatic N) is 5. The van der Waals surface area contributed by atoms with Crippen molar-refractivity contribution in [1.29, 1.82) is 0 Å². The Kier molecular flexibility index (Phi) is 5.06. The smallest absolute Gasteiger partial charge is 0.243 e. The molecule has 0 saturated carbocycles. The number of carbonyl (C=O) groups excluding carboxylic acids is 1. The average molecular weight is 376 g/mol. The second-order valence-electron chi connectivity index (χ2n) is 7.19. The van der Waals surface area contributed by atoms with E-state index in [0.29, 0.717) is 12.2 Å². The van der Waals surface area contributed by atoms with E-state index in [2.05, 4.69) is 20.2 Å². The molecule has 1 unspecified atom stereocenters. The zero-order valence-electron chi connectivity index (χ0n) is 16.2. The third-order valence-electron chi connectivity index (χ3n) is 5.04. The van der Waals surface area contributed by atoms with Gasteiger partial charge >= 0.3 is 0 Å². The molecule has 144 valence electrons. The molecule has 1 fully saturated rings. The number of aromatic nitrogens is 3. The molecular formula is C21H24N6O. The zero-order chi connectivity index (χ0) is 19.5. The van der Waals surface area contributed by atoms with Crippen LogP contribution in [0, 0.1) is 0 Å². The van der Waals surface area contributed by atoms with Crippen LogP contribution < -0.4 is 15.1 Å². The van der Waals surface area contributed by atoms with E-state index < -0.39 is 0 Å². The fraction of sp³-hybridized carbons (Fsp3) is 0.333. The second-order valence-corrected chi connectivity index (χ2v) is 7.19. The number of nitrogens with one attached hydrogen (secondary N) is 1. The van der Waals surface area contributed by atoms with Crippen molar-refractivity contribution < 1.29 is 4.79 Å². The molecule has 3 aromatic rings. The van der Waals surface area contributed by atoms with Crippen molar-refractivity contribution in [2.75, 3.05) is 30.4 Å². The maximum Gasteiger partial charge on any atom is 0.243 e. The number of anilines is 2. The molecule has 1 aliphatic rings. The van der Waals surface area contributed by atoms with E-state index in [-0.39, 0.29) is 11.9 Å². The number of benzene rings is 1. The maximum atomic E-state index is 12.8. The standard InChI is InChI=1S/C21H24N6O/c1-26(2)20-16-10-11-18(25-19(16)23-14-24-20)27-12-6-9-17(27)21(28)22-13-15-7-4-3-5-8-15/h3-5,7-8,10-11,14,17H,6,9,12-13H2,1-2H3,(H,22,28). The van der Waals surface area contributed by atoms with Gasteiger partial charge in [0, 0.05) is 27.2 Å². The first-order chi connectivity index (χ1) is 13.6. The number of carbonyl (C=O) groups is 1. The molecule has 0 spiro atoms. The lowest BCUT2D eigenvalue weighted by atomic mass is 10.2. The Balaban J connectivity index is 1.53. The van der Waals surface area contributed by atoms with Crippen molar-refractivity contribution >= 4 is 28.6 Å². The lowest BCUT2D eigenvalue weighted by molar-refractivity contribution is -0.122. The molecule has 1 aliphatic heterocycles. The number of pyridine rings is 1. The zero-order valence-corrected chi connectivity index (χ0v) is 16.2. The first kappa shape index (κ1) is 18.2. The number of fused-ring (bicyclic) bond motifs is 1. The van der Waals surface area contributed by atoms with Crippen LogP contribution in [-0.4, -0.2) is 47.5 Å². The fourth-order valence-electron chi connectivity index (χ4n) is 3.65. The van der Waals surface area contributed by atoms with Gasteiger partial charge in [0.25, 0.3) is 0 Å². The fourth-order valence-corrected chi connectivity index (χ4v) is 3.65. The summed E-state index contributed by atoms with van der Waals surface area (Å²) in [6.07, 6.45) is 3.32. The quantitative estimate of drug-likeness (QED) is 0.737. The summed E-state index contributed by atoms with van der Waals surface area (Å²) in [6, 6.07) is 13.7. The highest BCUT2D eigenvalue weighted by atomic mass is 16.2. The van der Waals surface area contributed by atoms with Crippen LogP contribution in [-0.2, 0) is 11.3 Å². The Bertz CT molecular complexity index is 975. The molecule has 0 radical (unpaired) electrons. The number of hydrogen-bond donors (Lipinski definition) is 1. The number of rotatable bonds is 5. The summed E-state index contributed by atoms with van der Waals surface area (Å²) in [7, 11) is 3.90. The predicted molar refractivity (Wildman–Crippen MR) is 110 cm³/mol. The molecule has 0 aliphatic carbocycles. The minimum atomic E-state index is -0.205. The third-order valence-corrected chi connectivity index (χ3v) is 5.04. The van der Waals surface area contributed by atoms with Crippen LogP contribution in [0.25, 0.3) is 11.0 Å². The van der Waals surface area contributed by atoms with Crippen molar-refractivity contribution in [3.05, 3.63) is 54.4 Å². The van der Waals surface area contributed by atoms with Crippen molar-refractivity contribution in [3.63, 3.8) is 0 Å². The Morgan fingerprint density at radius 2 is 2.00 bits per heavy atom. The van der Waals surface area contributed by atoms with Crippen LogP contribution in [0.2, 0.25) is 0 Å². The Morgan fingerprint density at radius 3 is 2.79 bits per heavy atom. The van der Waals surface area contributed by atoms with Gasteiger partial charge < -0.3 is 15.1 Å². The highest BCUT2D eigenvalue weighted by Crippen LogP contribution is 2.27. The molecule has 1 saturated heterocycles. The Hall–Kier alpha value is -3.22. The summed E-state index contributed by atoms with van der Waals surface area (Å²) < 4.78 is 0. The first-order valence-electron chi connectivity index (χ1n) is 9.51. The predicted octanol–water partition coefficient (Wildman–Crippen LogP) is 2.38. The van der Waals surface area contributed by atoms with Gasteiger partial charge in [-0.05, 0) is 30.5 Å². The van der Waals surface area contributed by atoms with E-state index in [1.165, 1.54) is 6.33 Å². The van der Waals surface area contributed by atoms with Crippen LogP contribution in [0.15, 0.2) is 48.8 Å². The number of amides is 1. The summed E-state index contributed by atoms with van der Waals surface area (Å²) in [4.78, 5) is 30.2. The average Bonchev–Trinajstić information content (AvgIpc) is 3.22. The van der Waals surface area contributed by atoms with Gasteiger partial charge in [-0.1, -0.05) is 30.3 Å². The largest absolute Gasteiger partial charge is 0.362 e. The summed E-state index contributed by atoms with van der Waals surface area (Å²) >= 11 is 0. The van der Waals surface area contributed by atoms with Gasteiger partial charge in [0.1, 0.15) is 24.0 Å². The van der Waals surface area contributed by atoms with Crippen molar-refractivity contribution in [2.24, 2.45) is 0 Å². The van der Waals surface area contributed by atoms with E-state index in [9.17, 15) is 4.79 Å². The molecule has 7 nitrogen and oxygen atoms in total. The first-order valence-corrected chi connectivity index (χ1v) is 9.51. The molecule has 7 heteroatoms. The molecule has 0 bridgehead atoms. The SMILES string of the molecule is CN(C)c1ncnc2nc(N3CCCC3C(=O)NCc3ccccc3)ccc12. The van der Waals surface area contributed by atoms with Gasteiger partial charge in [-0.15, -0.1) is 0 Å². The number of hydrogen-bond acceptors (Lipinski definition) is 6. The molecule has 1 aromatic carbocycles. The van der Waals surface area contributed by atoms with E-state index >= 15 is 0 Å². The van der Waals surface area contributed by atoms with Crippen molar-refractivity contribution in [2.45, 2.75) is 25.4 Å². The van der Waals surface area contributed by atoms with Gasteiger partial charge in [0.05, 0.1) is 5.39 Å². The van der Waals surface area contributed by atoms with Crippen LogP contribution in [0.3, 0.4) is 0 Å². The van der Waals surface area contributed by atoms with Gasteiger partial charge in [-0.25, -0.2) is 15.0 Å². The van der Waals surface area contributed by atoms with Gasteiger partial charge in [-0.2, -0.15) is 0 Å².